The Morgan fingerprint density at radius 2 is 2.26 bits per heavy atom. The summed E-state index contributed by atoms with van der Waals surface area (Å²) in [5.41, 5.74) is 2.49. The van der Waals surface area contributed by atoms with Gasteiger partial charge < -0.3 is 15.0 Å². The molecule has 23 heavy (non-hydrogen) atoms. The number of aliphatic hydroxyl groups is 1. The number of aromatic nitrogens is 2. The highest BCUT2D eigenvalue weighted by Gasteiger charge is 2.62. The molecular formula is C18H24ClN3O. The lowest BCUT2D eigenvalue weighted by Gasteiger charge is -2.56. The van der Waals surface area contributed by atoms with Gasteiger partial charge in [0.05, 0.1) is 17.6 Å². The monoisotopic (exact) mass is 333 g/mol. The van der Waals surface area contributed by atoms with Gasteiger partial charge in [0, 0.05) is 36.5 Å². The summed E-state index contributed by atoms with van der Waals surface area (Å²) in [5, 5.41) is 10.6. The van der Waals surface area contributed by atoms with Crippen LogP contribution in [0.2, 0.25) is 5.02 Å². The molecule has 2 aliphatic rings. The summed E-state index contributed by atoms with van der Waals surface area (Å²) in [6.07, 6.45) is 2.04. The van der Waals surface area contributed by atoms with Gasteiger partial charge in [-0.3, -0.25) is 0 Å². The van der Waals surface area contributed by atoms with E-state index in [4.69, 9.17) is 11.6 Å². The van der Waals surface area contributed by atoms with Crippen LogP contribution < -0.4 is 0 Å². The van der Waals surface area contributed by atoms with Crippen molar-refractivity contribution in [2.24, 2.45) is 16.7 Å². The number of likely N-dealkylation sites (tertiary alicyclic amines) is 1. The summed E-state index contributed by atoms with van der Waals surface area (Å²) in [5.74, 6) is 1.63. The molecular weight excluding hydrogens is 310 g/mol. The smallest absolute Gasteiger partial charge is 0.108 e. The number of fused-ring (bicyclic) bond motifs is 2. The van der Waals surface area contributed by atoms with Crippen molar-refractivity contribution in [1.29, 1.82) is 0 Å². The molecule has 1 aromatic heterocycles. The molecule has 0 bridgehead atoms. The minimum Gasteiger partial charge on any atom is -0.396 e. The second-order valence-electron chi connectivity index (χ2n) is 8.07. The molecule has 4 nitrogen and oxygen atoms in total. The third-order valence-corrected chi connectivity index (χ3v) is 6.18. The minimum absolute atomic E-state index is 0.144. The number of imidazole rings is 1. The van der Waals surface area contributed by atoms with E-state index in [1.54, 1.807) is 0 Å². The van der Waals surface area contributed by atoms with Crippen molar-refractivity contribution in [2.45, 2.75) is 26.7 Å². The van der Waals surface area contributed by atoms with Crippen molar-refractivity contribution in [1.82, 2.24) is 14.9 Å². The molecule has 1 aliphatic heterocycles. The lowest BCUT2D eigenvalue weighted by Crippen LogP contribution is -2.54. The van der Waals surface area contributed by atoms with E-state index in [9.17, 15) is 5.11 Å². The van der Waals surface area contributed by atoms with Crippen LogP contribution >= 0.6 is 11.6 Å². The first-order chi connectivity index (χ1) is 10.9. The number of nitrogens with zero attached hydrogens (tertiary/aromatic N) is 2. The summed E-state index contributed by atoms with van der Waals surface area (Å²) in [6.45, 7) is 8.09. The molecule has 2 N–H and O–H groups in total. The highest BCUT2D eigenvalue weighted by molar-refractivity contribution is 6.31. The number of benzene rings is 1. The standard InChI is InChI=1S/C18H24ClN3O/c1-17(2)9-18(11-23)10-22(8-15(17)18)6-5-16-20-13-4-3-12(19)7-14(13)21-16/h3-4,7,15,23H,5-6,8-11H2,1-2H3,(H,20,21)/t15-,18-/m1/s1. The second-order valence-corrected chi connectivity index (χ2v) is 8.50. The van der Waals surface area contributed by atoms with Gasteiger partial charge in [0.2, 0.25) is 0 Å². The first-order valence-electron chi connectivity index (χ1n) is 8.39. The predicted octanol–water partition coefficient (Wildman–Crippen LogP) is 3.10. The van der Waals surface area contributed by atoms with E-state index in [2.05, 4.69) is 28.7 Å². The summed E-state index contributed by atoms with van der Waals surface area (Å²) in [7, 11) is 0. The number of nitrogens with one attached hydrogen (secondary N) is 1. The van der Waals surface area contributed by atoms with Crippen LogP contribution in [0.5, 0.6) is 0 Å². The molecule has 124 valence electrons. The largest absolute Gasteiger partial charge is 0.396 e. The van der Waals surface area contributed by atoms with Crippen molar-refractivity contribution in [3.8, 4) is 0 Å². The van der Waals surface area contributed by atoms with Crippen molar-refractivity contribution in [3.63, 3.8) is 0 Å². The highest BCUT2D eigenvalue weighted by Crippen LogP contribution is 2.62. The zero-order chi connectivity index (χ0) is 16.2. The van der Waals surface area contributed by atoms with Gasteiger partial charge in [0.1, 0.15) is 5.82 Å². The molecule has 0 spiro atoms. The molecule has 2 heterocycles. The maximum Gasteiger partial charge on any atom is 0.108 e. The molecule has 1 saturated heterocycles. The van der Waals surface area contributed by atoms with E-state index in [1.807, 2.05) is 18.2 Å². The summed E-state index contributed by atoms with van der Waals surface area (Å²) in [6, 6.07) is 5.75. The SMILES string of the molecule is CC1(C)C[C@]2(CO)CN(CCc3nc4ccc(Cl)cc4[nH]3)C[C@H]12. The van der Waals surface area contributed by atoms with Gasteiger partial charge in [-0.25, -0.2) is 4.98 Å². The molecule has 1 aliphatic carbocycles. The zero-order valence-electron chi connectivity index (χ0n) is 13.8. The van der Waals surface area contributed by atoms with Crippen LogP contribution in [0, 0.1) is 16.7 Å². The van der Waals surface area contributed by atoms with Gasteiger partial charge in [-0.05, 0) is 36.0 Å². The third-order valence-electron chi connectivity index (χ3n) is 5.94. The lowest BCUT2D eigenvalue weighted by molar-refractivity contribution is -0.0977. The molecule has 2 aromatic rings. The Hall–Kier alpha value is -1.10. The number of aliphatic hydroxyl groups excluding tert-OH is 1. The molecule has 1 saturated carbocycles. The van der Waals surface area contributed by atoms with E-state index >= 15 is 0 Å². The van der Waals surface area contributed by atoms with Crippen LogP contribution in [0.1, 0.15) is 26.1 Å². The number of hydrogen-bond acceptors (Lipinski definition) is 3. The van der Waals surface area contributed by atoms with Crippen LogP contribution in [0.15, 0.2) is 18.2 Å². The van der Waals surface area contributed by atoms with Crippen molar-refractivity contribution >= 4 is 22.6 Å². The van der Waals surface area contributed by atoms with Gasteiger partial charge in [-0.15, -0.1) is 0 Å². The Morgan fingerprint density at radius 3 is 2.96 bits per heavy atom. The van der Waals surface area contributed by atoms with Gasteiger partial charge in [-0.2, -0.15) is 0 Å². The van der Waals surface area contributed by atoms with Gasteiger partial charge in [0.15, 0.2) is 0 Å². The average molecular weight is 334 g/mol. The van der Waals surface area contributed by atoms with E-state index in [1.165, 1.54) is 0 Å². The number of H-pyrrole nitrogens is 1. The van der Waals surface area contributed by atoms with Crippen LogP contribution in [0.4, 0.5) is 0 Å². The zero-order valence-corrected chi connectivity index (χ0v) is 14.5. The summed E-state index contributed by atoms with van der Waals surface area (Å²) < 4.78 is 0. The van der Waals surface area contributed by atoms with Crippen LogP contribution in [-0.4, -0.2) is 46.2 Å². The van der Waals surface area contributed by atoms with Crippen LogP contribution in [-0.2, 0) is 6.42 Å². The molecule has 0 unspecified atom stereocenters. The van der Waals surface area contributed by atoms with E-state index in [0.29, 0.717) is 17.9 Å². The molecule has 2 fully saturated rings. The molecule has 0 radical (unpaired) electrons. The molecule has 4 rings (SSSR count). The molecule has 1 aromatic carbocycles. The van der Waals surface area contributed by atoms with Crippen molar-refractivity contribution < 1.29 is 5.11 Å². The third kappa shape index (κ3) is 2.48. The number of rotatable bonds is 4. The van der Waals surface area contributed by atoms with Crippen LogP contribution in [0.25, 0.3) is 11.0 Å². The van der Waals surface area contributed by atoms with E-state index in [-0.39, 0.29) is 5.41 Å². The Morgan fingerprint density at radius 1 is 1.43 bits per heavy atom. The number of halogens is 1. The Balaban J connectivity index is 1.43. The van der Waals surface area contributed by atoms with Gasteiger partial charge in [-0.1, -0.05) is 25.4 Å². The maximum atomic E-state index is 9.85. The van der Waals surface area contributed by atoms with Gasteiger partial charge in [0.25, 0.3) is 0 Å². The first kappa shape index (κ1) is 15.4. The fourth-order valence-electron chi connectivity index (χ4n) is 5.03. The quantitative estimate of drug-likeness (QED) is 0.904. The Labute approximate surface area is 141 Å². The minimum atomic E-state index is 0.144. The second kappa shape index (κ2) is 5.20. The fourth-order valence-corrected chi connectivity index (χ4v) is 5.20. The molecule has 0 amide bonds. The van der Waals surface area contributed by atoms with Crippen molar-refractivity contribution in [2.75, 3.05) is 26.2 Å². The van der Waals surface area contributed by atoms with Crippen molar-refractivity contribution in [3.05, 3.63) is 29.0 Å². The Bertz CT molecular complexity index is 741. The highest BCUT2D eigenvalue weighted by atomic mass is 35.5. The van der Waals surface area contributed by atoms with Crippen LogP contribution in [0.3, 0.4) is 0 Å². The topological polar surface area (TPSA) is 52.1 Å². The maximum absolute atomic E-state index is 9.85. The van der Waals surface area contributed by atoms with Gasteiger partial charge >= 0.3 is 0 Å². The molecule has 2 atom stereocenters. The average Bonchev–Trinajstić information content (AvgIpc) is 3.03. The predicted molar refractivity (Wildman–Crippen MR) is 92.7 cm³/mol. The Kier molecular flexibility index (Phi) is 3.49. The summed E-state index contributed by atoms with van der Waals surface area (Å²) >= 11 is 6.03. The fraction of sp³-hybridized carbons (Fsp3) is 0.611. The normalized spacial score (nSPS) is 29.7. The summed E-state index contributed by atoms with van der Waals surface area (Å²) in [4.78, 5) is 10.5. The number of aromatic amines is 1. The lowest BCUT2D eigenvalue weighted by atomic mass is 9.48. The molecule has 5 heteroatoms. The first-order valence-corrected chi connectivity index (χ1v) is 8.77. The number of hydrogen-bond donors (Lipinski definition) is 2. The van der Waals surface area contributed by atoms with E-state index < -0.39 is 0 Å². The van der Waals surface area contributed by atoms with E-state index in [0.717, 1.165) is 54.4 Å².